The predicted molar refractivity (Wildman–Crippen MR) is 70.3 cm³/mol. The first-order valence-corrected chi connectivity index (χ1v) is 6.66. The van der Waals surface area contributed by atoms with Crippen LogP contribution < -0.4 is 0 Å². The average Bonchev–Trinajstić information content (AvgIpc) is 2.63. The van der Waals surface area contributed by atoms with Crippen LogP contribution in [0.4, 0.5) is 0 Å². The first-order chi connectivity index (χ1) is 8.26. The third-order valence-corrected chi connectivity index (χ3v) is 3.41. The Morgan fingerprint density at radius 3 is 2.78 bits per heavy atom. The van der Waals surface area contributed by atoms with Crippen LogP contribution in [0.2, 0.25) is 0 Å². The fourth-order valence-corrected chi connectivity index (χ4v) is 2.38. The summed E-state index contributed by atoms with van der Waals surface area (Å²) >= 11 is 0. The largest absolute Gasteiger partial charge is 0.444 e. The maximum Gasteiger partial charge on any atom is 0.208 e. The van der Waals surface area contributed by atoms with E-state index in [0.29, 0.717) is 13.1 Å². The van der Waals surface area contributed by atoms with Crippen LogP contribution in [-0.4, -0.2) is 33.7 Å². The van der Waals surface area contributed by atoms with Gasteiger partial charge in [0.1, 0.15) is 5.76 Å². The van der Waals surface area contributed by atoms with Gasteiger partial charge >= 0.3 is 0 Å². The highest BCUT2D eigenvalue weighted by Crippen LogP contribution is 2.25. The van der Waals surface area contributed by atoms with E-state index in [0.717, 1.165) is 31.0 Å². The summed E-state index contributed by atoms with van der Waals surface area (Å²) in [5, 5.41) is 10.1. The first-order valence-electron chi connectivity index (χ1n) is 6.66. The van der Waals surface area contributed by atoms with Crippen molar-refractivity contribution in [2.24, 2.45) is 0 Å². The topological polar surface area (TPSA) is 49.5 Å². The molecular weight excluding hydrogens is 228 g/mol. The normalized spacial score (nSPS) is 26.5. The van der Waals surface area contributed by atoms with E-state index in [1.807, 2.05) is 13.1 Å². The molecule has 1 aliphatic heterocycles. The lowest BCUT2D eigenvalue weighted by molar-refractivity contribution is -0.0204. The molecule has 0 aliphatic carbocycles. The van der Waals surface area contributed by atoms with E-state index in [4.69, 9.17) is 4.42 Å². The lowest BCUT2D eigenvalue weighted by atomic mass is 9.94. The van der Waals surface area contributed by atoms with Crippen LogP contribution in [0.3, 0.4) is 0 Å². The molecule has 0 aromatic carbocycles. The number of nitrogens with zero attached hydrogens (tertiary/aromatic N) is 2. The molecule has 1 fully saturated rings. The number of rotatable bonds is 2. The Hall–Kier alpha value is -0.870. The van der Waals surface area contributed by atoms with E-state index < -0.39 is 5.60 Å². The van der Waals surface area contributed by atoms with Crippen molar-refractivity contribution >= 4 is 0 Å². The molecule has 0 bridgehead atoms. The summed E-state index contributed by atoms with van der Waals surface area (Å²) in [6, 6.07) is 0. The highest BCUT2D eigenvalue weighted by Gasteiger charge is 2.29. The molecule has 4 nitrogen and oxygen atoms in total. The van der Waals surface area contributed by atoms with E-state index >= 15 is 0 Å². The van der Waals surface area contributed by atoms with Gasteiger partial charge in [0.05, 0.1) is 18.3 Å². The molecule has 0 saturated carbocycles. The van der Waals surface area contributed by atoms with Crippen LogP contribution in [0.15, 0.2) is 10.6 Å². The van der Waals surface area contributed by atoms with E-state index in [-0.39, 0.29) is 5.41 Å². The molecule has 18 heavy (non-hydrogen) atoms. The van der Waals surface area contributed by atoms with Gasteiger partial charge in [-0.2, -0.15) is 0 Å². The minimum atomic E-state index is -0.572. The van der Waals surface area contributed by atoms with Gasteiger partial charge in [-0.15, -0.1) is 0 Å². The molecule has 1 N–H and O–H groups in total. The maximum absolute atomic E-state index is 10.1. The van der Waals surface area contributed by atoms with Gasteiger partial charge in [-0.25, -0.2) is 4.98 Å². The lowest BCUT2D eigenvalue weighted by Crippen LogP contribution is -2.45. The second-order valence-electron chi connectivity index (χ2n) is 6.68. The fraction of sp³-hybridized carbons (Fsp3) is 0.786. The summed E-state index contributed by atoms with van der Waals surface area (Å²) in [5.74, 6) is 1.67. The van der Waals surface area contributed by atoms with Gasteiger partial charge in [-0.05, 0) is 26.3 Å². The molecular formula is C14H24N2O2. The molecule has 0 radical (unpaired) electrons. The van der Waals surface area contributed by atoms with Gasteiger partial charge in [0.2, 0.25) is 5.89 Å². The van der Waals surface area contributed by atoms with Crippen LogP contribution in [0.25, 0.3) is 0 Å². The Kier molecular flexibility index (Phi) is 3.52. The second-order valence-corrected chi connectivity index (χ2v) is 6.68. The third-order valence-electron chi connectivity index (χ3n) is 3.41. The van der Waals surface area contributed by atoms with Crippen LogP contribution in [0, 0.1) is 0 Å². The number of likely N-dealkylation sites (tertiary alicyclic amines) is 1. The number of hydrogen-bond donors (Lipinski definition) is 1. The van der Waals surface area contributed by atoms with Crippen molar-refractivity contribution in [3.05, 3.63) is 17.8 Å². The molecule has 1 aromatic rings. The second kappa shape index (κ2) is 4.67. The summed E-state index contributed by atoms with van der Waals surface area (Å²) in [7, 11) is 0. The number of aliphatic hydroxyl groups is 1. The lowest BCUT2D eigenvalue weighted by Gasteiger charge is -2.36. The fourth-order valence-electron chi connectivity index (χ4n) is 2.38. The molecule has 0 amide bonds. The van der Waals surface area contributed by atoms with Gasteiger partial charge < -0.3 is 9.52 Å². The smallest absolute Gasteiger partial charge is 0.208 e. The quantitative estimate of drug-likeness (QED) is 0.877. The maximum atomic E-state index is 10.1. The van der Waals surface area contributed by atoms with Gasteiger partial charge in [0, 0.05) is 12.0 Å². The predicted octanol–water partition coefficient (Wildman–Crippen LogP) is 2.32. The highest BCUT2D eigenvalue weighted by atomic mass is 16.4. The molecule has 2 rings (SSSR count). The minimum absolute atomic E-state index is 0.00135. The molecule has 102 valence electrons. The standard InChI is InChI=1S/C14H24N2O2/c1-13(2,3)11-8-15-12(18-11)9-16-7-5-6-14(4,17)10-16/h8,17H,5-7,9-10H2,1-4H3. The van der Waals surface area contributed by atoms with E-state index in [1.165, 1.54) is 0 Å². The summed E-state index contributed by atoms with van der Waals surface area (Å²) in [6.45, 7) is 10.6. The van der Waals surface area contributed by atoms with Crippen LogP contribution in [0.1, 0.15) is 52.2 Å². The van der Waals surface area contributed by atoms with E-state index in [9.17, 15) is 5.11 Å². The van der Waals surface area contributed by atoms with Crippen molar-refractivity contribution in [3.8, 4) is 0 Å². The van der Waals surface area contributed by atoms with E-state index in [2.05, 4.69) is 30.7 Å². The summed E-state index contributed by atoms with van der Waals surface area (Å²) in [4.78, 5) is 6.54. The molecule has 4 heteroatoms. The Morgan fingerprint density at radius 2 is 2.22 bits per heavy atom. The van der Waals surface area contributed by atoms with Gasteiger partial charge in [0.15, 0.2) is 0 Å². The SMILES string of the molecule is CC1(O)CCCN(Cc2ncc(C(C)(C)C)o2)C1. The van der Waals surface area contributed by atoms with Gasteiger partial charge in [-0.1, -0.05) is 20.8 Å². The monoisotopic (exact) mass is 252 g/mol. The number of oxazole rings is 1. The van der Waals surface area contributed by atoms with E-state index in [1.54, 1.807) is 0 Å². The Bertz CT molecular complexity index is 404. The van der Waals surface area contributed by atoms with Crippen molar-refractivity contribution < 1.29 is 9.52 Å². The summed E-state index contributed by atoms with van der Waals surface area (Å²) in [5.41, 5.74) is -0.573. The van der Waals surface area contributed by atoms with Crippen molar-refractivity contribution in [2.45, 2.75) is 58.1 Å². The Labute approximate surface area is 109 Å². The molecule has 1 unspecified atom stereocenters. The van der Waals surface area contributed by atoms with Crippen molar-refractivity contribution in [2.75, 3.05) is 13.1 Å². The minimum Gasteiger partial charge on any atom is -0.444 e. The van der Waals surface area contributed by atoms with Gasteiger partial charge in [0.25, 0.3) is 0 Å². The summed E-state index contributed by atoms with van der Waals surface area (Å²) < 4.78 is 5.78. The zero-order valence-corrected chi connectivity index (χ0v) is 11.9. The zero-order chi connectivity index (χ0) is 13.4. The molecule has 1 saturated heterocycles. The number of β-amino-alcohol motifs (C(OH)–C–C–N with tert-alkyl or cyclic N) is 1. The van der Waals surface area contributed by atoms with Crippen molar-refractivity contribution in [1.29, 1.82) is 0 Å². The number of hydrogen-bond acceptors (Lipinski definition) is 4. The Morgan fingerprint density at radius 1 is 1.50 bits per heavy atom. The molecule has 1 aliphatic rings. The van der Waals surface area contributed by atoms with Crippen molar-refractivity contribution in [3.63, 3.8) is 0 Å². The third kappa shape index (κ3) is 3.33. The van der Waals surface area contributed by atoms with Crippen molar-refractivity contribution in [1.82, 2.24) is 9.88 Å². The molecule has 2 heterocycles. The number of aromatic nitrogens is 1. The van der Waals surface area contributed by atoms with Crippen LogP contribution >= 0.6 is 0 Å². The highest BCUT2D eigenvalue weighted by molar-refractivity contribution is 5.06. The zero-order valence-electron chi connectivity index (χ0n) is 11.9. The molecule has 1 aromatic heterocycles. The molecule has 1 atom stereocenters. The summed E-state index contributed by atoms with van der Waals surface area (Å²) in [6.07, 6.45) is 3.72. The first kappa shape index (κ1) is 13.6. The van der Waals surface area contributed by atoms with Gasteiger partial charge in [-0.3, -0.25) is 4.90 Å². The number of piperidine rings is 1. The average molecular weight is 252 g/mol. The van der Waals surface area contributed by atoms with Crippen LogP contribution in [-0.2, 0) is 12.0 Å². The Balaban J connectivity index is 1.99. The molecule has 0 spiro atoms. The van der Waals surface area contributed by atoms with Crippen LogP contribution in [0.5, 0.6) is 0 Å².